The summed E-state index contributed by atoms with van der Waals surface area (Å²) in [5, 5.41) is 11.8. The molecule has 0 saturated carbocycles. The third-order valence-corrected chi connectivity index (χ3v) is 4.05. The predicted octanol–water partition coefficient (Wildman–Crippen LogP) is 4.82. The second kappa shape index (κ2) is 5.94. The Hall–Kier alpha value is -2.12. The van der Waals surface area contributed by atoms with Crippen LogP contribution in [-0.2, 0) is 5.75 Å². The van der Waals surface area contributed by atoms with Gasteiger partial charge in [0.25, 0.3) is 10.9 Å². The Morgan fingerprint density at radius 1 is 1.36 bits per heavy atom. The van der Waals surface area contributed by atoms with Crippen LogP contribution in [0, 0.1) is 15.9 Å². The molecule has 0 spiro atoms. The zero-order valence-electron chi connectivity index (χ0n) is 11.0. The number of thioether (sulfide) groups is 1. The van der Waals surface area contributed by atoms with Gasteiger partial charge in [-0.3, -0.25) is 10.1 Å². The number of nitro groups is 1. The summed E-state index contributed by atoms with van der Waals surface area (Å²) >= 11 is 6.95. The van der Waals surface area contributed by atoms with Crippen LogP contribution >= 0.6 is 23.4 Å². The maximum Gasteiger partial charge on any atom is 0.276 e. The quantitative estimate of drug-likeness (QED) is 0.387. The molecule has 0 radical (unpaired) electrons. The fraction of sp³-hybridized carbons (Fsp3) is 0.0714. The highest BCUT2D eigenvalue weighted by atomic mass is 35.5. The minimum Gasteiger partial charge on any atom is -0.431 e. The van der Waals surface area contributed by atoms with Crippen LogP contribution in [0.2, 0.25) is 5.02 Å². The van der Waals surface area contributed by atoms with Crippen LogP contribution < -0.4 is 0 Å². The van der Waals surface area contributed by atoms with Crippen LogP contribution in [0.1, 0.15) is 5.56 Å². The number of aromatic nitrogens is 1. The van der Waals surface area contributed by atoms with Crippen molar-refractivity contribution in [2.24, 2.45) is 0 Å². The van der Waals surface area contributed by atoms with E-state index >= 15 is 0 Å². The Morgan fingerprint density at radius 2 is 2.18 bits per heavy atom. The summed E-state index contributed by atoms with van der Waals surface area (Å²) in [6, 6.07) is 8.77. The summed E-state index contributed by atoms with van der Waals surface area (Å²) in [4.78, 5) is 14.5. The van der Waals surface area contributed by atoms with E-state index in [1.54, 1.807) is 18.2 Å². The molecule has 1 aromatic heterocycles. The number of oxazole rings is 1. The van der Waals surface area contributed by atoms with Crippen molar-refractivity contribution in [2.75, 3.05) is 0 Å². The van der Waals surface area contributed by atoms with Gasteiger partial charge < -0.3 is 4.42 Å². The molecule has 112 valence electrons. The van der Waals surface area contributed by atoms with Gasteiger partial charge in [-0.25, -0.2) is 9.37 Å². The Kier molecular flexibility index (Phi) is 4.00. The molecule has 0 N–H and O–H groups in total. The van der Waals surface area contributed by atoms with Crippen molar-refractivity contribution in [3.8, 4) is 0 Å². The standard InChI is InChI=1S/C14H8ClFN2O3S/c15-8-4-5-13-11(6-8)17-14(21-13)22-7-9-10(16)2-1-3-12(9)18(19)20/h1-6H,7H2. The molecule has 0 aliphatic heterocycles. The second-order valence-electron chi connectivity index (χ2n) is 4.38. The average molecular weight is 339 g/mol. The van der Waals surface area contributed by atoms with Crippen molar-refractivity contribution in [3.63, 3.8) is 0 Å². The first-order valence-electron chi connectivity index (χ1n) is 6.15. The minimum absolute atomic E-state index is 0.0118. The molecule has 2 aromatic carbocycles. The van der Waals surface area contributed by atoms with Crippen LogP contribution in [0.15, 0.2) is 46.0 Å². The molecule has 0 aliphatic rings. The SMILES string of the molecule is O=[N+]([O-])c1cccc(F)c1CSc1nc2cc(Cl)ccc2o1. The van der Waals surface area contributed by atoms with Crippen molar-refractivity contribution >= 4 is 40.1 Å². The lowest BCUT2D eigenvalue weighted by Crippen LogP contribution is -1.97. The summed E-state index contributed by atoms with van der Waals surface area (Å²) in [7, 11) is 0. The van der Waals surface area contributed by atoms with Crippen molar-refractivity contribution in [3.05, 3.63) is 62.9 Å². The Morgan fingerprint density at radius 3 is 2.95 bits per heavy atom. The molecule has 1 heterocycles. The van der Waals surface area contributed by atoms with Crippen molar-refractivity contribution in [1.29, 1.82) is 0 Å². The third kappa shape index (κ3) is 2.90. The number of nitro benzene ring substituents is 1. The van der Waals surface area contributed by atoms with Gasteiger partial charge in [-0.1, -0.05) is 29.4 Å². The van der Waals surface area contributed by atoms with Crippen molar-refractivity contribution in [1.82, 2.24) is 4.98 Å². The minimum atomic E-state index is -0.624. The number of hydrogen-bond donors (Lipinski definition) is 0. The van der Waals surface area contributed by atoms with E-state index < -0.39 is 10.7 Å². The zero-order valence-corrected chi connectivity index (χ0v) is 12.5. The van der Waals surface area contributed by atoms with Crippen molar-refractivity contribution < 1.29 is 13.7 Å². The maximum absolute atomic E-state index is 13.8. The lowest BCUT2D eigenvalue weighted by molar-refractivity contribution is -0.385. The number of fused-ring (bicyclic) bond motifs is 1. The van der Waals surface area contributed by atoms with E-state index in [1.165, 1.54) is 18.2 Å². The molecule has 3 aromatic rings. The summed E-state index contributed by atoms with van der Waals surface area (Å²) in [6.45, 7) is 0. The zero-order chi connectivity index (χ0) is 15.7. The van der Waals surface area contributed by atoms with E-state index in [0.29, 0.717) is 21.3 Å². The third-order valence-electron chi connectivity index (χ3n) is 2.96. The first-order valence-corrected chi connectivity index (χ1v) is 7.51. The molecule has 0 bridgehead atoms. The number of hydrogen-bond acceptors (Lipinski definition) is 5. The molecule has 0 amide bonds. The fourth-order valence-electron chi connectivity index (χ4n) is 1.94. The Balaban J connectivity index is 1.86. The molecule has 0 atom stereocenters. The highest BCUT2D eigenvalue weighted by Gasteiger charge is 2.19. The first kappa shape index (κ1) is 14.8. The van der Waals surface area contributed by atoms with Crippen LogP contribution in [-0.4, -0.2) is 9.91 Å². The normalized spacial score (nSPS) is 11.0. The van der Waals surface area contributed by atoms with Crippen LogP contribution in [0.3, 0.4) is 0 Å². The van der Waals surface area contributed by atoms with E-state index in [2.05, 4.69) is 4.98 Å². The topological polar surface area (TPSA) is 69.2 Å². The molecule has 0 saturated heterocycles. The number of benzene rings is 2. The van der Waals surface area contributed by atoms with Gasteiger partial charge in [0, 0.05) is 16.8 Å². The molecule has 0 fully saturated rings. The largest absolute Gasteiger partial charge is 0.431 e. The van der Waals surface area contributed by atoms with Gasteiger partial charge >= 0.3 is 0 Å². The number of nitrogens with zero attached hydrogens (tertiary/aromatic N) is 2. The Bertz CT molecular complexity index is 868. The summed E-state index contributed by atoms with van der Waals surface area (Å²) < 4.78 is 19.3. The van der Waals surface area contributed by atoms with Gasteiger partial charge in [0.1, 0.15) is 11.3 Å². The summed E-state index contributed by atoms with van der Waals surface area (Å²) in [6.07, 6.45) is 0. The second-order valence-corrected chi connectivity index (χ2v) is 5.74. The first-order chi connectivity index (χ1) is 10.5. The van der Waals surface area contributed by atoms with Crippen LogP contribution in [0.5, 0.6) is 0 Å². The number of halogens is 2. The summed E-state index contributed by atoms with van der Waals surface area (Å²) in [5.74, 6) is -0.579. The maximum atomic E-state index is 13.8. The highest BCUT2D eigenvalue weighted by Crippen LogP contribution is 2.31. The van der Waals surface area contributed by atoms with E-state index in [-0.39, 0.29) is 17.0 Å². The predicted molar refractivity (Wildman–Crippen MR) is 81.6 cm³/mol. The molecule has 5 nitrogen and oxygen atoms in total. The molecule has 22 heavy (non-hydrogen) atoms. The highest BCUT2D eigenvalue weighted by molar-refractivity contribution is 7.98. The average Bonchev–Trinajstić information content (AvgIpc) is 2.87. The van der Waals surface area contributed by atoms with Gasteiger partial charge in [-0.2, -0.15) is 0 Å². The molecular formula is C14H8ClFN2O3S. The number of rotatable bonds is 4. The Labute approximate surface area is 133 Å². The molecular weight excluding hydrogens is 331 g/mol. The van der Waals surface area contributed by atoms with E-state index in [9.17, 15) is 14.5 Å². The molecule has 3 rings (SSSR count). The lowest BCUT2D eigenvalue weighted by Gasteiger charge is -2.02. The van der Waals surface area contributed by atoms with Gasteiger partial charge in [0.2, 0.25) is 0 Å². The van der Waals surface area contributed by atoms with Crippen LogP contribution in [0.25, 0.3) is 11.1 Å². The monoisotopic (exact) mass is 338 g/mol. The molecule has 8 heteroatoms. The van der Waals surface area contributed by atoms with E-state index in [1.807, 2.05) is 0 Å². The lowest BCUT2D eigenvalue weighted by atomic mass is 10.2. The van der Waals surface area contributed by atoms with Gasteiger partial charge in [-0.05, 0) is 24.3 Å². The molecule has 0 unspecified atom stereocenters. The van der Waals surface area contributed by atoms with Crippen molar-refractivity contribution in [2.45, 2.75) is 11.0 Å². The smallest absolute Gasteiger partial charge is 0.276 e. The summed E-state index contributed by atoms with van der Waals surface area (Å²) in [5.41, 5.74) is 0.886. The van der Waals surface area contributed by atoms with E-state index in [0.717, 1.165) is 11.8 Å². The molecule has 0 aliphatic carbocycles. The van der Waals surface area contributed by atoms with Crippen LogP contribution in [0.4, 0.5) is 10.1 Å². The van der Waals surface area contributed by atoms with Gasteiger partial charge in [0.15, 0.2) is 5.58 Å². The van der Waals surface area contributed by atoms with Gasteiger partial charge in [-0.15, -0.1) is 0 Å². The van der Waals surface area contributed by atoms with Gasteiger partial charge in [0.05, 0.1) is 10.5 Å². The van der Waals surface area contributed by atoms with E-state index in [4.69, 9.17) is 16.0 Å². The fourth-order valence-corrected chi connectivity index (χ4v) is 2.97.